The van der Waals surface area contributed by atoms with Crippen molar-refractivity contribution >= 4 is 11.9 Å². The number of hydrogen-bond acceptors (Lipinski definition) is 4. The summed E-state index contributed by atoms with van der Waals surface area (Å²) in [6, 6.07) is 6.83. The van der Waals surface area contributed by atoms with E-state index in [1.54, 1.807) is 24.3 Å². The van der Waals surface area contributed by atoms with E-state index in [4.69, 9.17) is 9.47 Å². The number of ether oxygens (including phenoxy) is 2. The minimum atomic E-state index is -0.298. The molecule has 0 aliphatic rings. The van der Waals surface area contributed by atoms with Gasteiger partial charge in [-0.2, -0.15) is 0 Å². The van der Waals surface area contributed by atoms with Gasteiger partial charge in [0, 0.05) is 12.8 Å². The molecule has 0 heterocycles. The second-order valence-electron chi connectivity index (χ2n) is 6.85. The maximum absolute atomic E-state index is 12.0. The molecule has 0 aliphatic heterocycles. The summed E-state index contributed by atoms with van der Waals surface area (Å²) in [7, 11) is 0. The molecule has 140 valence electrons. The molecule has 1 aromatic rings. The number of rotatable bonds is 12. The number of para-hydroxylation sites is 2. The van der Waals surface area contributed by atoms with Crippen molar-refractivity contribution in [2.24, 2.45) is 5.92 Å². The van der Waals surface area contributed by atoms with E-state index in [1.807, 2.05) is 0 Å². The van der Waals surface area contributed by atoms with E-state index in [0.29, 0.717) is 30.3 Å². The number of hydrogen-bond donors (Lipinski definition) is 0. The van der Waals surface area contributed by atoms with Gasteiger partial charge in [0.15, 0.2) is 11.5 Å². The topological polar surface area (TPSA) is 52.6 Å². The highest BCUT2D eigenvalue weighted by Gasteiger charge is 2.13. The van der Waals surface area contributed by atoms with Gasteiger partial charge in [-0.3, -0.25) is 9.59 Å². The van der Waals surface area contributed by atoms with Crippen LogP contribution in [0.3, 0.4) is 0 Å². The summed E-state index contributed by atoms with van der Waals surface area (Å²) in [6.45, 7) is 6.31. The molecule has 4 heteroatoms. The fourth-order valence-electron chi connectivity index (χ4n) is 2.42. The lowest BCUT2D eigenvalue weighted by molar-refractivity contribution is -0.137. The van der Waals surface area contributed by atoms with Crippen LogP contribution in [0.2, 0.25) is 0 Å². The summed E-state index contributed by atoms with van der Waals surface area (Å²) in [5.41, 5.74) is 0. The second kappa shape index (κ2) is 12.5. The number of carbonyl (C=O) groups excluding carboxylic acids is 2. The zero-order valence-corrected chi connectivity index (χ0v) is 15.9. The zero-order valence-electron chi connectivity index (χ0n) is 15.9. The van der Waals surface area contributed by atoms with Crippen LogP contribution in [-0.2, 0) is 9.59 Å². The van der Waals surface area contributed by atoms with Crippen LogP contribution in [0.5, 0.6) is 11.5 Å². The Morgan fingerprint density at radius 2 is 1.36 bits per heavy atom. The minimum Gasteiger partial charge on any atom is -0.423 e. The van der Waals surface area contributed by atoms with E-state index in [0.717, 1.165) is 25.7 Å². The number of carbonyl (C=O) groups is 2. The number of unbranched alkanes of at least 4 members (excludes halogenated alkanes) is 5. The third-order valence-electron chi connectivity index (χ3n) is 3.96. The Hall–Kier alpha value is -1.84. The van der Waals surface area contributed by atoms with Gasteiger partial charge in [-0.15, -0.1) is 0 Å². The van der Waals surface area contributed by atoms with Gasteiger partial charge in [0.1, 0.15) is 0 Å². The normalized spacial score (nSPS) is 10.7. The van der Waals surface area contributed by atoms with Crippen LogP contribution < -0.4 is 9.47 Å². The molecule has 0 saturated carbocycles. The number of esters is 2. The van der Waals surface area contributed by atoms with Gasteiger partial charge in [-0.05, 0) is 30.9 Å². The van der Waals surface area contributed by atoms with Crippen molar-refractivity contribution in [2.45, 2.75) is 78.6 Å². The van der Waals surface area contributed by atoms with Crippen LogP contribution in [0.25, 0.3) is 0 Å². The van der Waals surface area contributed by atoms with Crippen molar-refractivity contribution in [1.29, 1.82) is 0 Å². The molecule has 0 fully saturated rings. The lowest BCUT2D eigenvalue weighted by atomic mass is 10.1. The van der Waals surface area contributed by atoms with Crippen LogP contribution >= 0.6 is 0 Å². The first-order chi connectivity index (χ1) is 12.0. The molecular weight excluding hydrogens is 316 g/mol. The summed E-state index contributed by atoms with van der Waals surface area (Å²) in [6.07, 6.45) is 8.25. The van der Waals surface area contributed by atoms with Crippen molar-refractivity contribution in [3.05, 3.63) is 24.3 Å². The van der Waals surface area contributed by atoms with Gasteiger partial charge in [0.2, 0.25) is 0 Å². The van der Waals surface area contributed by atoms with Gasteiger partial charge in [0.25, 0.3) is 0 Å². The van der Waals surface area contributed by atoms with Gasteiger partial charge in [-0.1, -0.05) is 65.0 Å². The van der Waals surface area contributed by atoms with Crippen LogP contribution in [0.4, 0.5) is 0 Å². The Morgan fingerprint density at radius 1 is 0.840 bits per heavy atom. The van der Waals surface area contributed by atoms with Gasteiger partial charge in [-0.25, -0.2) is 0 Å². The third-order valence-corrected chi connectivity index (χ3v) is 3.96. The molecule has 0 aliphatic carbocycles. The molecule has 0 aromatic heterocycles. The molecule has 0 saturated heterocycles. The molecule has 1 rings (SSSR count). The molecule has 25 heavy (non-hydrogen) atoms. The third kappa shape index (κ3) is 9.90. The van der Waals surface area contributed by atoms with Gasteiger partial charge in [0.05, 0.1) is 0 Å². The first-order valence-electron chi connectivity index (χ1n) is 9.53. The Morgan fingerprint density at radius 3 is 1.92 bits per heavy atom. The highest BCUT2D eigenvalue weighted by Crippen LogP contribution is 2.27. The Labute approximate surface area is 151 Å². The Balaban J connectivity index is 2.42. The Bertz CT molecular complexity index is 522. The standard InChI is InChI=1S/C21H32O4/c1-4-5-6-7-8-9-14-20(22)24-18-12-10-11-13-19(18)25-21(23)16-15-17(2)3/h10-13,17H,4-9,14-16H2,1-3H3. The van der Waals surface area contributed by atoms with Crippen molar-refractivity contribution < 1.29 is 19.1 Å². The van der Waals surface area contributed by atoms with Crippen LogP contribution in [0.15, 0.2) is 24.3 Å². The van der Waals surface area contributed by atoms with E-state index >= 15 is 0 Å². The monoisotopic (exact) mass is 348 g/mol. The second-order valence-corrected chi connectivity index (χ2v) is 6.85. The quantitative estimate of drug-likeness (QED) is 0.277. The van der Waals surface area contributed by atoms with E-state index in [1.165, 1.54) is 19.3 Å². The molecule has 0 atom stereocenters. The van der Waals surface area contributed by atoms with Gasteiger partial charge < -0.3 is 9.47 Å². The largest absolute Gasteiger partial charge is 0.423 e. The van der Waals surface area contributed by atoms with Crippen molar-refractivity contribution in [3.8, 4) is 11.5 Å². The summed E-state index contributed by atoms with van der Waals surface area (Å²) in [4.78, 5) is 23.9. The molecule has 0 spiro atoms. The van der Waals surface area contributed by atoms with E-state index < -0.39 is 0 Å². The lowest BCUT2D eigenvalue weighted by Gasteiger charge is -2.11. The predicted octanol–water partition coefficient (Wildman–Crippen LogP) is 5.68. The summed E-state index contributed by atoms with van der Waals surface area (Å²) >= 11 is 0. The molecule has 1 aromatic carbocycles. The first-order valence-corrected chi connectivity index (χ1v) is 9.53. The highest BCUT2D eigenvalue weighted by molar-refractivity contribution is 5.76. The van der Waals surface area contributed by atoms with Crippen LogP contribution in [0.1, 0.15) is 78.6 Å². The maximum atomic E-state index is 12.0. The molecule has 0 radical (unpaired) electrons. The van der Waals surface area contributed by atoms with E-state index in [9.17, 15) is 9.59 Å². The summed E-state index contributed by atoms with van der Waals surface area (Å²) < 4.78 is 10.7. The molecule has 0 unspecified atom stereocenters. The average Bonchev–Trinajstić information content (AvgIpc) is 2.58. The predicted molar refractivity (Wildman–Crippen MR) is 99.8 cm³/mol. The van der Waals surface area contributed by atoms with E-state index in [-0.39, 0.29) is 11.9 Å². The lowest BCUT2D eigenvalue weighted by Crippen LogP contribution is -2.12. The highest BCUT2D eigenvalue weighted by atomic mass is 16.6. The fourth-order valence-corrected chi connectivity index (χ4v) is 2.42. The number of benzene rings is 1. The van der Waals surface area contributed by atoms with Crippen molar-refractivity contribution in [3.63, 3.8) is 0 Å². The van der Waals surface area contributed by atoms with Crippen molar-refractivity contribution in [2.75, 3.05) is 0 Å². The summed E-state index contributed by atoms with van der Waals surface area (Å²) in [5, 5.41) is 0. The zero-order chi connectivity index (χ0) is 18.5. The van der Waals surface area contributed by atoms with Crippen molar-refractivity contribution in [1.82, 2.24) is 0 Å². The summed E-state index contributed by atoms with van der Waals surface area (Å²) in [5.74, 6) is 0.496. The molecule has 0 bridgehead atoms. The maximum Gasteiger partial charge on any atom is 0.311 e. The molecule has 0 N–H and O–H groups in total. The minimum absolute atomic E-state index is 0.277. The average molecular weight is 348 g/mol. The fraction of sp³-hybridized carbons (Fsp3) is 0.619. The molecular formula is C21H32O4. The Kier molecular flexibility index (Phi) is 10.6. The first kappa shape index (κ1) is 21.2. The molecule has 4 nitrogen and oxygen atoms in total. The molecule has 0 amide bonds. The smallest absolute Gasteiger partial charge is 0.311 e. The van der Waals surface area contributed by atoms with Gasteiger partial charge >= 0.3 is 11.9 Å². The van der Waals surface area contributed by atoms with E-state index in [2.05, 4.69) is 20.8 Å². The van der Waals surface area contributed by atoms with Crippen LogP contribution in [-0.4, -0.2) is 11.9 Å². The SMILES string of the molecule is CCCCCCCCC(=O)Oc1ccccc1OC(=O)CCC(C)C. The van der Waals surface area contributed by atoms with Crippen LogP contribution in [0, 0.1) is 5.92 Å².